The van der Waals surface area contributed by atoms with Gasteiger partial charge in [-0.15, -0.1) is 12.4 Å². The van der Waals surface area contributed by atoms with Crippen molar-refractivity contribution in [3.63, 3.8) is 0 Å². The van der Waals surface area contributed by atoms with E-state index in [1.54, 1.807) is 0 Å². The molecule has 6 nitrogen and oxygen atoms in total. The fourth-order valence-electron chi connectivity index (χ4n) is 3.13. The molecule has 3 rings (SSSR count). The van der Waals surface area contributed by atoms with E-state index in [4.69, 9.17) is 5.73 Å². The van der Waals surface area contributed by atoms with Crippen LogP contribution in [0.2, 0.25) is 0 Å². The zero-order valence-corrected chi connectivity index (χ0v) is 16.1. The minimum atomic E-state index is -0.278. The smallest absolute Gasteiger partial charge is 0.323 e. The predicted octanol–water partition coefficient (Wildman–Crippen LogP) is 3.23. The first-order valence-electron chi connectivity index (χ1n) is 8.81. The molecular weight excluding hydrogens is 364 g/mol. The summed E-state index contributed by atoms with van der Waals surface area (Å²) in [4.78, 5) is 26.5. The number of urea groups is 1. The van der Waals surface area contributed by atoms with Crippen molar-refractivity contribution >= 4 is 35.7 Å². The number of carbonyl (C=O) groups excluding carboxylic acids is 2. The topological polar surface area (TPSA) is 87.5 Å². The lowest BCUT2D eigenvalue weighted by Gasteiger charge is -2.31. The highest BCUT2D eigenvalue weighted by atomic mass is 35.5. The van der Waals surface area contributed by atoms with Crippen LogP contribution in [0.5, 0.6) is 0 Å². The molecule has 1 unspecified atom stereocenters. The highest BCUT2D eigenvalue weighted by Crippen LogP contribution is 2.27. The molecule has 2 aromatic carbocycles. The molecule has 27 heavy (non-hydrogen) atoms. The maximum atomic E-state index is 12.4. The second kappa shape index (κ2) is 9.39. The number of anilines is 2. The Balaban J connectivity index is 0.00000261. The van der Waals surface area contributed by atoms with Gasteiger partial charge in [-0.2, -0.15) is 0 Å². The standard InChI is InChI=1S/C20H24N4O2.ClH/c1-14(12-21)19(25)24-11-10-17-15(13-24)6-5-9-18(17)23-20(26)22-16-7-3-2-4-8-16;/h2-9,14H,10-13,21H2,1H3,(H2,22,23,26);1H. The summed E-state index contributed by atoms with van der Waals surface area (Å²) in [6.45, 7) is 3.39. The van der Waals surface area contributed by atoms with Crippen molar-refractivity contribution in [1.82, 2.24) is 4.90 Å². The molecular formula is C20H25ClN4O2. The number of hydrogen-bond acceptors (Lipinski definition) is 3. The first-order chi connectivity index (χ1) is 12.6. The van der Waals surface area contributed by atoms with E-state index >= 15 is 0 Å². The molecule has 0 radical (unpaired) electrons. The van der Waals surface area contributed by atoms with Gasteiger partial charge in [-0.05, 0) is 35.7 Å². The van der Waals surface area contributed by atoms with Gasteiger partial charge in [-0.25, -0.2) is 4.79 Å². The Hall–Kier alpha value is -2.57. The number of fused-ring (bicyclic) bond motifs is 1. The lowest BCUT2D eigenvalue weighted by atomic mass is 9.96. The van der Waals surface area contributed by atoms with Gasteiger partial charge in [0.1, 0.15) is 0 Å². The first-order valence-corrected chi connectivity index (χ1v) is 8.81. The third-order valence-corrected chi connectivity index (χ3v) is 4.63. The van der Waals surface area contributed by atoms with Crippen LogP contribution in [0.3, 0.4) is 0 Å². The molecule has 1 atom stereocenters. The number of halogens is 1. The van der Waals surface area contributed by atoms with Gasteiger partial charge in [0.05, 0.1) is 0 Å². The fourth-order valence-corrected chi connectivity index (χ4v) is 3.13. The number of benzene rings is 2. The number of nitrogens with two attached hydrogens (primary N) is 1. The van der Waals surface area contributed by atoms with Gasteiger partial charge in [0.25, 0.3) is 0 Å². The van der Waals surface area contributed by atoms with E-state index in [9.17, 15) is 9.59 Å². The molecule has 0 saturated carbocycles. The van der Waals surface area contributed by atoms with Crippen molar-refractivity contribution in [2.75, 3.05) is 23.7 Å². The number of hydrogen-bond donors (Lipinski definition) is 3. The van der Waals surface area contributed by atoms with Gasteiger partial charge >= 0.3 is 6.03 Å². The van der Waals surface area contributed by atoms with Gasteiger partial charge in [-0.1, -0.05) is 37.3 Å². The molecule has 144 valence electrons. The average Bonchev–Trinajstić information content (AvgIpc) is 2.67. The van der Waals surface area contributed by atoms with Crippen molar-refractivity contribution in [3.8, 4) is 0 Å². The molecule has 1 aliphatic rings. The first kappa shape index (κ1) is 20.7. The van der Waals surface area contributed by atoms with Gasteiger partial charge in [-0.3, -0.25) is 4.79 Å². The normalized spacial score (nSPS) is 13.8. The van der Waals surface area contributed by atoms with Gasteiger partial charge in [0, 0.05) is 36.9 Å². The van der Waals surface area contributed by atoms with Crippen LogP contribution in [0, 0.1) is 5.92 Å². The number of carbonyl (C=O) groups is 2. The number of nitrogens with zero attached hydrogens (tertiary/aromatic N) is 1. The van der Waals surface area contributed by atoms with E-state index in [0.29, 0.717) is 26.1 Å². The quantitative estimate of drug-likeness (QED) is 0.751. The van der Waals surface area contributed by atoms with Crippen molar-refractivity contribution in [2.24, 2.45) is 11.7 Å². The Morgan fingerprint density at radius 2 is 1.85 bits per heavy atom. The Kier molecular flexibility index (Phi) is 7.21. The lowest BCUT2D eigenvalue weighted by Crippen LogP contribution is -2.41. The fraction of sp³-hybridized carbons (Fsp3) is 0.300. The summed E-state index contributed by atoms with van der Waals surface area (Å²) in [6, 6.07) is 14.8. The number of rotatable bonds is 4. The summed E-state index contributed by atoms with van der Waals surface area (Å²) in [7, 11) is 0. The van der Waals surface area contributed by atoms with E-state index in [1.165, 1.54) is 0 Å². The molecule has 1 heterocycles. The van der Waals surface area contributed by atoms with Gasteiger partial charge in [0.15, 0.2) is 0 Å². The maximum absolute atomic E-state index is 12.4. The number of amides is 3. The summed E-state index contributed by atoms with van der Waals surface area (Å²) < 4.78 is 0. The summed E-state index contributed by atoms with van der Waals surface area (Å²) >= 11 is 0. The molecule has 2 aromatic rings. The highest BCUT2D eigenvalue weighted by Gasteiger charge is 2.25. The minimum Gasteiger partial charge on any atom is -0.338 e. The number of para-hydroxylation sites is 1. The van der Waals surface area contributed by atoms with E-state index in [2.05, 4.69) is 10.6 Å². The largest absolute Gasteiger partial charge is 0.338 e. The van der Waals surface area contributed by atoms with Crippen LogP contribution >= 0.6 is 12.4 Å². The van der Waals surface area contributed by atoms with Crippen LogP contribution in [0.1, 0.15) is 18.1 Å². The van der Waals surface area contributed by atoms with E-state index < -0.39 is 0 Å². The van der Waals surface area contributed by atoms with Crippen LogP contribution in [0.15, 0.2) is 48.5 Å². The molecule has 0 aromatic heterocycles. The third-order valence-electron chi connectivity index (χ3n) is 4.63. The summed E-state index contributed by atoms with van der Waals surface area (Å²) in [6.07, 6.45) is 0.708. The molecule has 0 saturated heterocycles. The minimum absolute atomic E-state index is 0. The molecule has 3 amide bonds. The van der Waals surface area contributed by atoms with Crippen LogP contribution in [-0.2, 0) is 17.8 Å². The second-order valence-electron chi connectivity index (χ2n) is 6.53. The van der Waals surface area contributed by atoms with Gasteiger partial charge in [0.2, 0.25) is 5.91 Å². The van der Waals surface area contributed by atoms with Crippen LogP contribution in [0.25, 0.3) is 0 Å². The highest BCUT2D eigenvalue weighted by molar-refractivity contribution is 6.00. The van der Waals surface area contributed by atoms with Crippen molar-refractivity contribution in [2.45, 2.75) is 19.9 Å². The molecule has 0 fully saturated rings. The molecule has 0 aliphatic carbocycles. The molecule has 7 heteroatoms. The van der Waals surface area contributed by atoms with Crippen LogP contribution in [0.4, 0.5) is 16.2 Å². The zero-order chi connectivity index (χ0) is 18.5. The summed E-state index contributed by atoms with van der Waals surface area (Å²) in [5.41, 5.74) is 9.28. The van der Waals surface area contributed by atoms with Crippen molar-refractivity contribution in [3.05, 3.63) is 59.7 Å². The maximum Gasteiger partial charge on any atom is 0.323 e. The SMILES string of the molecule is CC(CN)C(=O)N1CCc2c(cccc2NC(=O)Nc2ccccc2)C1.Cl. The zero-order valence-electron chi connectivity index (χ0n) is 15.3. The predicted molar refractivity (Wildman–Crippen MR) is 110 cm³/mol. The van der Waals surface area contributed by atoms with Crippen molar-refractivity contribution < 1.29 is 9.59 Å². The average molecular weight is 389 g/mol. The van der Waals surface area contributed by atoms with E-state index in [1.807, 2.05) is 60.4 Å². The van der Waals surface area contributed by atoms with Crippen LogP contribution < -0.4 is 16.4 Å². The summed E-state index contributed by atoms with van der Waals surface area (Å²) in [5.74, 6) is -0.0900. The summed E-state index contributed by atoms with van der Waals surface area (Å²) in [5, 5.41) is 5.74. The van der Waals surface area contributed by atoms with E-state index in [0.717, 1.165) is 22.5 Å². The van der Waals surface area contributed by atoms with Gasteiger partial charge < -0.3 is 21.3 Å². The second-order valence-corrected chi connectivity index (χ2v) is 6.53. The monoisotopic (exact) mass is 388 g/mol. The Labute approximate surface area is 165 Å². The molecule has 1 aliphatic heterocycles. The lowest BCUT2D eigenvalue weighted by molar-refractivity contribution is -0.135. The third kappa shape index (κ3) is 4.99. The Morgan fingerprint density at radius 3 is 2.56 bits per heavy atom. The Bertz CT molecular complexity index is 798. The number of nitrogens with one attached hydrogen (secondary N) is 2. The molecule has 4 N–H and O–H groups in total. The van der Waals surface area contributed by atoms with Crippen LogP contribution in [-0.4, -0.2) is 29.9 Å². The molecule has 0 spiro atoms. The Morgan fingerprint density at radius 1 is 1.11 bits per heavy atom. The van der Waals surface area contributed by atoms with E-state index in [-0.39, 0.29) is 30.3 Å². The van der Waals surface area contributed by atoms with Crippen molar-refractivity contribution in [1.29, 1.82) is 0 Å². The molecule has 0 bridgehead atoms.